The maximum absolute atomic E-state index is 12.6. The average Bonchev–Trinajstić information content (AvgIpc) is 2.55. The van der Waals surface area contributed by atoms with Gasteiger partial charge in [0, 0.05) is 24.3 Å². The van der Waals surface area contributed by atoms with E-state index >= 15 is 0 Å². The van der Waals surface area contributed by atoms with Crippen molar-refractivity contribution in [2.75, 3.05) is 18.4 Å². The van der Waals surface area contributed by atoms with Crippen LogP contribution in [0.25, 0.3) is 0 Å². The molecule has 124 valence electrons. The highest BCUT2D eigenvalue weighted by Crippen LogP contribution is 2.24. The van der Waals surface area contributed by atoms with Crippen LogP contribution in [0.2, 0.25) is 0 Å². The van der Waals surface area contributed by atoms with Crippen LogP contribution in [0.15, 0.2) is 24.3 Å². The largest absolute Gasteiger partial charge is 0.342 e. The van der Waals surface area contributed by atoms with E-state index in [1.54, 1.807) is 43.0 Å². The maximum Gasteiger partial charge on any atom is 0.239 e. The van der Waals surface area contributed by atoms with Crippen molar-refractivity contribution in [1.82, 2.24) is 4.90 Å². The van der Waals surface area contributed by atoms with Gasteiger partial charge in [-0.2, -0.15) is 0 Å². The number of rotatable bonds is 4. The number of anilines is 1. The molecule has 0 bridgehead atoms. The van der Waals surface area contributed by atoms with Crippen molar-refractivity contribution in [3.05, 3.63) is 29.8 Å². The van der Waals surface area contributed by atoms with Crippen LogP contribution in [0.3, 0.4) is 0 Å². The van der Waals surface area contributed by atoms with Crippen LogP contribution in [-0.4, -0.2) is 35.6 Å². The highest BCUT2D eigenvalue weighted by Gasteiger charge is 2.39. The summed E-state index contributed by atoms with van der Waals surface area (Å²) in [5.41, 5.74) is 0.0579. The Labute approximate surface area is 137 Å². The minimum Gasteiger partial charge on any atom is -0.342 e. The minimum absolute atomic E-state index is 0.0246. The predicted octanol–water partition coefficient (Wildman–Crippen LogP) is 2.87. The van der Waals surface area contributed by atoms with E-state index in [0.29, 0.717) is 11.3 Å². The topological polar surface area (TPSA) is 66.5 Å². The standard InChI is InChI=1S/C18H24N2O3/c1-13(21)14-7-9-15(10-8-14)19-16(22)18(2,3)17(23)20-11-5-4-6-12-20/h7-10H,4-6,11-12H2,1-3H3,(H,19,22). The molecule has 1 fully saturated rings. The third-order valence-electron chi connectivity index (χ3n) is 4.29. The van der Waals surface area contributed by atoms with Crippen LogP contribution in [0.4, 0.5) is 5.69 Å². The fourth-order valence-electron chi connectivity index (χ4n) is 2.67. The van der Waals surface area contributed by atoms with Gasteiger partial charge in [-0.25, -0.2) is 0 Å². The van der Waals surface area contributed by atoms with Gasteiger partial charge >= 0.3 is 0 Å². The molecule has 23 heavy (non-hydrogen) atoms. The van der Waals surface area contributed by atoms with E-state index in [1.165, 1.54) is 6.92 Å². The molecule has 1 N–H and O–H groups in total. The normalized spacial score (nSPS) is 15.2. The Bertz CT molecular complexity index is 599. The lowest BCUT2D eigenvalue weighted by Gasteiger charge is -2.33. The second-order valence-corrected chi connectivity index (χ2v) is 6.57. The first-order chi connectivity index (χ1) is 10.8. The fraction of sp³-hybridized carbons (Fsp3) is 0.500. The molecule has 5 heteroatoms. The SMILES string of the molecule is CC(=O)c1ccc(NC(=O)C(C)(C)C(=O)N2CCCCC2)cc1. The molecule has 1 aromatic rings. The van der Waals surface area contributed by atoms with E-state index in [2.05, 4.69) is 5.32 Å². The molecule has 1 saturated heterocycles. The Morgan fingerprint density at radius 1 is 1.00 bits per heavy atom. The molecule has 5 nitrogen and oxygen atoms in total. The number of benzene rings is 1. The quantitative estimate of drug-likeness (QED) is 0.686. The molecule has 0 unspecified atom stereocenters. The number of carbonyl (C=O) groups excluding carboxylic acids is 3. The van der Waals surface area contributed by atoms with Crippen LogP contribution in [-0.2, 0) is 9.59 Å². The van der Waals surface area contributed by atoms with Crippen molar-refractivity contribution >= 4 is 23.3 Å². The first-order valence-corrected chi connectivity index (χ1v) is 8.04. The number of carbonyl (C=O) groups is 3. The average molecular weight is 316 g/mol. The molecule has 0 atom stereocenters. The predicted molar refractivity (Wildman–Crippen MR) is 89.3 cm³/mol. The van der Waals surface area contributed by atoms with Gasteiger partial charge in [-0.05, 0) is 64.3 Å². The van der Waals surface area contributed by atoms with Gasteiger partial charge in [0.05, 0.1) is 0 Å². The number of hydrogen-bond acceptors (Lipinski definition) is 3. The smallest absolute Gasteiger partial charge is 0.239 e. The molecule has 2 rings (SSSR count). The summed E-state index contributed by atoms with van der Waals surface area (Å²) >= 11 is 0. The highest BCUT2D eigenvalue weighted by molar-refractivity contribution is 6.10. The van der Waals surface area contributed by atoms with Gasteiger partial charge in [0.1, 0.15) is 5.41 Å². The van der Waals surface area contributed by atoms with E-state index in [-0.39, 0.29) is 17.6 Å². The number of amides is 2. The Balaban J connectivity index is 2.05. The summed E-state index contributed by atoms with van der Waals surface area (Å²) < 4.78 is 0. The van der Waals surface area contributed by atoms with Crippen molar-refractivity contribution in [2.45, 2.75) is 40.0 Å². The molecular formula is C18H24N2O3. The van der Waals surface area contributed by atoms with E-state index < -0.39 is 5.41 Å². The van der Waals surface area contributed by atoms with Crippen molar-refractivity contribution < 1.29 is 14.4 Å². The number of likely N-dealkylation sites (tertiary alicyclic amines) is 1. The summed E-state index contributed by atoms with van der Waals surface area (Å²) in [6.45, 7) is 6.26. The Hall–Kier alpha value is -2.17. The van der Waals surface area contributed by atoms with Gasteiger partial charge in [0.15, 0.2) is 5.78 Å². The number of nitrogens with one attached hydrogen (secondary N) is 1. The Kier molecular flexibility index (Phi) is 5.19. The van der Waals surface area contributed by atoms with Crippen molar-refractivity contribution in [3.8, 4) is 0 Å². The number of ketones is 1. The van der Waals surface area contributed by atoms with Crippen LogP contribution < -0.4 is 5.32 Å². The van der Waals surface area contributed by atoms with E-state index in [0.717, 1.165) is 32.4 Å². The summed E-state index contributed by atoms with van der Waals surface area (Å²) in [5.74, 6) is -0.484. The van der Waals surface area contributed by atoms with E-state index in [1.807, 2.05) is 0 Å². The minimum atomic E-state index is -1.11. The molecule has 0 aromatic heterocycles. The van der Waals surface area contributed by atoms with Crippen LogP contribution in [0.1, 0.15) is 50.4 Å². The molecule has 0 saturated carbocycles. The van der Waals surface area contributed by atoms with Crippen molar-refractivity contribution in [1.29, 1.82) is 0 Å². The van der Waals surface area contributed by atoms with Crippen molar-refractivity contribution in [2.24, 2.45) is 5.41 Å². The molecule has 1 aliphatic rings. The zero-order chi connectivity index (χ0) is 17.0. The monoisotopic (exact) mass is 316 g/mol. The molecule has 0 radical (unpaired) electrons. The van der Waals surface area contributed by atoms with Gasteiger partial charge in [-0.3, -0.25) is 14.4 Å². The molecule has 2 amide bonds. The summed E-state index contributed by atoms with van der Waals surface area (Å²) in [6, 6.07) is 6.68. The lowest BCUT2D eigenvalue weighted by molar-refractivity contribution is -0.147. The number of nitrogens with zero attached hydrogens (tertiary/aromatic N) is 1. The fourth-order valence-corrected chi connectivity index (χ4v) is 2.67. The third-order valence-corrected chi connectivity index (χ3v) is 4.29. The van der Waals surface area contributed by atoms with Gasteiger partial charge in [0.2, 0.25) is 11.8 Å². The Morgan fingerprint density at radius 2 is 1.57 bits per heavy atom. The van der Waals surface area contributed by atoms with E-state index in [9.17, 15) is 14.4 Å². The summed E-state index contributed by atoms with van der Waals surface area (Å²) in [5, 5.41) is 2.77. The zero-order valence-electron chi connectivity index (χ0n) is 14.0. The second-order valence-electron chi connectivity index (χ2n) is 6.57. The third kappa shape index (κ3) is 3.97. The molecule has 1 aliphatic heterocycles. The van der Waals surface area contributed by atoms with Gasteiger partial charge in [-0.15, -0.1) is 0 Å². The lowest BCUT2D eigenvalue weighted by atomic mass is 9.89. The number of hydrogen-bond donors (Lipinski definition) is 1. The number of piperidine rings is 1. The maximum atomic E-state index is 12.6. The van der Waals surface area contributed by atoms with Gasteiger partial charge in [0.25, 0.3) is 0 Å². The van der Waals surface area contributed by atoms with Crippen LogP contribution in [0.5, 0.6) is 0 Å². The number of Topliss-reactive ketones (excluding diaryl/α,β-unsaturated/α-hetero) is 1. The summed E-state index contributed by atoms with van der Waals surface area (Å²) in [6.07, 6.45) is 3.13. The molecular weight excluding hydrogens is 292 g/mol. The summed E-state index contributed by atoms with van der Waals surface area (Å²) in [4.78, 5) is 38.2. The van der Waals surface area contributed by atoms with E-state index in [4.69, 9.17) is 0 Å². The highest BCUT2D eigenvalue weighted by atomic mass is 16.2. The van der Waals surface area contributed by atoms with Gasteiger partial charge in [-0.1, -0.05) is 0 Å². The van der Waals surface area contributed by atoms with Crippen molar-refractivity contribution in [3.63, 3.8) is 0 Å². The zero-order valence-corrected chi connectivity index (χ0v) is 14.0. The molecule has 0 spiro atoms. The summed E-state index contributed by atoms with van der Waals surface area (Å²) in [7, 11) is 0. The van der Waals surface area contributed by atoms with Crippen LogP contribution in [0, 0.1) is 5.41 Å². The first kappa shape index (κ1) is 17.2. The molecule has 1 heterocycles. The first-order valence-electron chi connectivity index (χ1n) is 8.04. The van der Waals surface area contributed by atoms with Crippen LogP contribution >= 0.6 is 0 Å². The van der Waals surface area contributed by atoms with Gasteiger partial charge < -0.3 is 10.2 Å². The second kappa shape index (κ2) is 6.94. The molecule has 0 aliphatic carbocycles. The Morgan fingerprint density at radius 3 is 2.09 bits per heavy atom. The lowest BCUT2D eigenvalue weighted by Crippen LogP contribution is -2.48. The molecule has 1 aromatic carbocycles.